The Morgan fingerprint density at radius 1 is 1.41 bits per heavy atom. The Balaban J connectivity index is 1.80. The highest BCUT2D eigenvalue weighted by molar-refractivity contribution is 14.1. The zero-order valence-electron chi connectivity index (χ0n) is 14.7. The number of hydrogen-bond donors (Lipinski definition) is 3. The fourth-order valence-corrected chi connectivity index (χ4v) is 4.32. The molecule has 0 aromatic heterocycles. The number of amides is 1. The summed E-state index contributed by atoms with van der Waals surface area (Å²) in [4.78, 5) is 12.9. The van der Waals surface area contributed by atoms with Crippen LogP contribution in [0.25, 0.3) is 6.08 Å². The summed E-state index contributed by atoms with van der Waals surface area (Å²) in [6, 6.07) is 9.12. The number of phenols is 1. The SMILES string of the molecule is CCOc1cc(/C=C2\SC(Nc3cc(Cl)ccc3C)NC2=O)cc(I)c1O. The number of benzene rings is 2. The lowest BCUT2D eigenvalue weighted by Gasteiger charge is -2.15. The van der Waals surface area contributed by atoms with Crippen molar-refractivity contribution in [3.8, 4) is 11.5 Å². The molecule has 0 radical (unpaired) electrons. The highest BCUT2D eigenvalue weighted by atomic mass is 127. The molecule has 1 unspecified atom stereocenters. The summed E-state index contributed by atoms with van der Waals surface area (Å²) in [6.45, 7) is 4.28. The van der Waals surface area contributed by atoms with E-state index in [1.807, 2.05) is 54.6 Å². The summed E-state index contributed by atoms with van der Waals surface area (Å²) in [7, 11) is 0. The van der Waals surface area contributed by atoms with Crippen molar-refractivity contribution in [2.75, 3.05) is 11.9 Å². The van der Waals surface area contributed by atoms with Gasteiger partial charge < -0.3 is 20.5 Å². The molecule has 2 aromatic rings. The second kappa shape index (κ2) is 8.62. The molecule has 3 N–H and O–H groups in total. The van der Waals surface area contributed by atoms with E-state index in [2.05, 4.69) is 10.6 Å². The molecule has 27 heavy (non-hydrogen) atoms. The van der Waals surface area contributed by atoms with Crippen LogP contribution in [0.2, 0.25) is 5.02 Å². The molecule has 0 aliphatic carbocycles. The van der Waals surface area contributed by atoms with Crippen LogP contribution in [0.5, 0.6) is 11.5 Å². The summed E-state index contributed by atoms with van der Waals surface area (Å²) in [5, 5.41) is 16.9. The fraction of sp³-hybridized carbons (Fsp3) is 0.211. The van der Waals surface area contributed by atoms with Crippen molar-refractivity contribution in [1.29, 1.82) is 0 Å². The second-order valence-corrected chi connectivity index (χ2v) is 8.61. The van der Waals surface area contributed by atoms with Gasteiger partial charge in [0.1, 0.15) is 0 Å². The van der Waals surface area contributed by atoms with Gasteiger partial charge >= 0.3 is 0 Å². The molecule has 1 aliphatic heterocycles. The molecule has 1 saturated heterocycles. The Kier molecular flexibility index (Phi) is 6.44. The maximum atomic E-state index is 12.3. The molecule has 8 heteroatoms. The Morgan fingerprint density at radius 2 is 2.19 bits per heavy atom. The van der Waals surface area contributed by atoms with E-state index in [1.54, 1.807) is 18.2 Å². The number of carbonyl (C=O) groups is 1. The molecule has 2 aromatic carbocycles. The lowest BCUT2D eigenvalue weighted by atomic mass is 10.2. The van der Waals surface area contributed by atoms with Crippen LogP contribution in [0.3, 0.4) is 0 Å². The normalized spacial score (nSPS) is 17.9. The Hall–Kier alpha value is -1.58. The Bertz CT molecular complexity index is 920. The van der Waals surface area contributed by atoms with Crippen molar-refractivity contribution in [1.82, 2.24) is 5.32 Å². The Morgan fingerprint density at radius 3 is 2.93 bits per heavy atom. The number of phenolic OH excluding ortho intramolecular Hbond substituents is 1. The first-order valence-corrected chi connectivity index (χ1v) is 10.6. The van der Waals surface area contributed by atoms with Gasteiger partial charge in [0, 0.05) is 10.7 Å². The maximum absolute atomic E-state index is 12.3. The van der Waals surface area contributed by atoms with Crippen molar-refractivity contribution in [3.05, 3.63) is 55.0 Å². The van der Waals surface area contributed by atoms with Gasteiger partial charge in [-0.25, -0.2) is 0 Å². The third kappa shape index (κ3) is 4.83. The predicted molar refractivity (Wildman–Crippen MR) is 119 cm³/mol. The molecule has 5 nitrogen and oxygen atoms in total. The summed E-state index contributed by atoms with van der Waals surface area (Å²) in [6.07, 6.45) is 1.79. The first-order valence-electron chi connectivity index (χ1n) is 8.24. The minimum Gasteiger partial charge on any atom is -0.504 e. The lowest BCUT2D eigenvalue weighted by molar-refractivity contribution is -0.116. The molecule has 142 valence electrons. The Labute approximate surface area is 180 Å². The van der Waals surface area contributed by atoms with Gasteiger partial charge in [-0.3, -0.25) is 4.79 Å². The monoisotopic (exact) mass is 516 g/mol. The first kappa shape index (κ1) is 20.2. The van der Waals surface area contributed by atoms with Gasteiger partial charge in [0.05, 0.1) is 15.1 Å². The van der Waals surface area contributed by atoms with Crippen LogP contribution < -0.4 is 15.4 Å². The summed E-state index contributed by atoms with van der Waals surface area (Å²) >= 11 is 9.49. The largest absolute Gasteiger partial charge is 0.504 e. The third-order valence-corrected chi connectivity index (χ3v) is 5.95. The molecule has 1 fully saturated rings. The lowest BCUT2D eigenvalue weighted by Crippen LogP contribution is -2.31. The molecule has 0 spiro atoms. The number of anilines is 1. The van der Waals surface area contributed by atoms with E-state index in [-0.39, 0.29) is 17.2 Å². The van der Waals surface area contributed by atoms with Crippen molar-refractivity contribution in [2.45, 2.75) is 19.3 Å². The quantitative estimate of drug-likeness (QED) is 0.387. The molecular formula is C19H18ClIN2O3S. The van der Waals surface area contributed by atoms with Crippen LogP contribution in [0.15, 0.2) is 35.2 Å². The standard InChI is InChI=1S/C19H18ClIN2O3S/c1-3-26-15-7-11(6-13(21)17(15)24)8-16-18(25)23-19(27-16)22-14-9-12(20)5-4-10(14)2/h4-9,19,22,24H,3H2,1-2H3,(H,23,25)/b16-8-. The van der Waals surface area contributed by atoms with Crippen molar-refractivity contribution >= 4 is 63.6 Å². The average Bonchev–Trinajstić information content (AvgIpc) is 2.95. The van der Waals surface area contributed by atoms with Gasteiger partial charge in [0.25, 0.3) is 5.91 Å². The number of carbonyl (C=O) groups excluding carboxylic acids is 1. The number of ether oxygens (including phenoxy) is 1. The predicted octanol–water partition coefficient (Wildman–Crippen LogP) is 4.96. The van der Waals surface area contributed by atoms with Gasteiger partial charge in [0.2, 0.25) is 0 Å². The van der Waals surface area contributed by atoms with Gasteiger partial charge in [-0.05, 0) is 77.9 Å². The molecule has 1 amide bonds. The van der Waals surface area contributed by atoms with E-state index >= 15 is 0 Å². The second-order valence-electron chi connectivity index (χ2n) is 5.87. The molecular weight excluding hydrogens is 499 g/mol. The van der Waals surface area contributed by atoms with Crippen molar-refractivity contribution in [3.63, 3.8) is 0 Å². The molecule has 1 aliphatic rings. The maximum Gasteiger partial charge on any atom is 0.260 e. The van der Waals surface area contributed by atoms with Crippen LogP contribution in [-0.4, -0.2) is 23.1 Å². The van der Waals surface area contributed by atoms with Crippen LogP contribution in [0.4, 0.5) is 5.69 Å². The van der Waals surface area contributed by atoms with Gasteiger partial charge in [-0.2, -0.15) is 0 Å². The summed E-state index contributed by atoms with van der Waals surface area (Å²) < 4.78 is 6.12. The minimum absolute atomic E-state index is 0.110. The molecule has 1 heterocycles. The van der Waals surface area contributed by atoms with Gasteiger partial charge in [-0.1, -0.05) is 29.4 Å². The number of aryl methyl sites for hydroxylation is 1. The zero-order valence-corrected chi connectivity index (χ0v) is 18.4. The minimum atomic E-state index is -0.288. The van der Waals surface area contributed by atoms with E-state index < -0.39 is 0 Å². The fourth-order valence-electron chi connectivity index (χ4n) is 2.55. The number of nitrogens with one attached hydrogen (secondary N) is 2. The zero-order chi connectivity index (χ0) is 19.6. The molecule has 0 saturated carbocycles. The van der Waals surface area contributed by atoms with Gasteiger partial charge in [-0.15, -0.1) is 0 Å². The average molecular weight is 517 g/mol. The first-order chi connectivity index (χ1) is 12.9. The topological polar surface area (TPSA) is 70.6 Å². The molecule has 1 atom stereocenters. The van der Waals surface area contributed by atoms with E-state index in [4.69, 9.17) is 16.3 Å². The summed E-state index contributed by atoms with van der Waals surface area (Å²) in [5.74, 6) is 0.362. The van der Waals surface area contributed by atoms with Crippen LogP contribution >= 0.6 is 46.0 Å². The van der Waals surface area contributed by atoms with Crippen molar-refractivity contribution in [2.24, 2.45) is 0 Å². The van der Waals surface area contributed by atoms with E-state index in [1.165, 1.54) is 11.8 Å². The number of rotatable bonds is 5. The van der Waals surface area contributed by atoms with E-state index in [0.29, 0.717) is 25.9 Å². The van der Waals surface area contributed by atoms with Crippen molar-refractivity contribution < 1.29 is 14.6 Å². The van der Waals surface area contributed by atoms with E-state index in [9.17, 15) is 9.90 Å². The van der Waals surface area contributed by atoms with Crippen LogP contribution in [0, 0.1) is 10.5 Å². The number of hydrogen-bond acceptors (Lipinski definition) is 5. The highest BCUT2D eigenvalue weighted by Crippen LogP contribution is 2.36. The smallest absolute Gasteiger partial charge is 0.260 e. The number of halogens is 2. The third-order valence-electron chi connectivity index (χ3n) is 3.87. The number of thioether (sulfide) groups is 1. The molecule has 3 rings (SSSR count). The van der Waals surface area contributed by atoms with Gasteiger partial charge in [0.15, 0.2) is 17.0 Å². The number of aromatic hydroxyl groups is 1. The van der Waals surface area contributed by atoms with Crippen LogP contribution in [0.1, 0.15) is 18.1 Å². The molecule has 0 bridgehead atoms. The highest BCUT2D eigenvalue weighted by Gasteiger charge is 2.27. The summed E-state index contributed by atoms with van der Waals surface area (Å²) in [5.41, 5.74) is 2.42. The van der Waals surface area contributed by atoms with E-state index in [0.717, 1.165) is 16.8 Å². The van der Waals surface area contributed by atoms with Crippen LogP contribution in [-0.2, 0) is 4.79 Å².